The summed E-state index contributed by atoms with van der Waals surface area (Å²) in [5.41, 5.74) is 2.65. The zero-order chi connectivity index (χ0) is 28.2. The number of aryl methyl sites for hydroxylation is 1. The molecule has 0 unspecified atom stereocenters. The minimum atomic E-state index is -0.0771. The van der Waals surface area contributed by atoms with Crippen LogP contribution in [0.25, 0.3) is 11.0 Å². The highest BCUT2D eigenvalue weighted by Crippen LogP contribution is 2.24. The molecule has 4 heterocycles. The summed E-state index contributed by atoms with van der Waals surface area (Å²) >= 11 is 0. The van der Waals surface area contributed by atoms with Gasteiger partial charge in [0, 0.05) is 74.3 Å². The van der Waals surface area contributed by atoms with E-state index in [1.165, 1.54) is 5.69 Å². The van der Waals surface area contributed by atoms with Crippen LogP contribution in [0.5, 0.6) is 0 Å². The van der Waals surface area contributed by atoms with Gasteiger partial charge in [-0.05, 0) is 75.1 Å². The molecule has 0 bridgehead atoms. The van der Waals surface area contributed by atoms with Crippen molar-refractivity contribution in [1.29, 1.82) is 0 Å². The Balaban J connectivity index is 1.21. The Morgan fingerprint density at radius 1 is 1.10 bits per heavy atom. The van der Waals surface area contributed by atoms with Crippen molar-refractivity contribution < 1.29 is 4.79 Å². The maximum atomic E-state index is 12.8. The van der Waals surface area contributed by atoms with E-state index in [9.17, 15) is 9.59 Å². The molecule has 2 aliphatic heterocycles. The Hall–Kier alpha value is -3.72. The number of benzene rings is 1. The molecule has 5 rings (SSSR count). The van der Waals surface area contributed by atoms with Crippen LogP contribution in [0.3, 0.4) is 0 Å². The lowest BCUT2D eigenvalue weighted by molar-refractivity contribution is -0.132. The number of carbonyl (C=O) groups is 1. The Bertz CT molecular complexity index is 1410. The van der Waals surface area contributed by atoms with Gasteiger partial charge in [0.05, 0.1) is 0 Å². The maximum Gasteiger partial charge on any atom is 0.252 e. The smallest absolute Gasteiger partial charge is 0.252 e. The van der Waals surface area contributed by atoms with Gasteiger partial charge in [0.2, 0.25) is 11.9 Å². The van der Waals surface area contributed by atoms with Crippen molar-refractivity contribution in [3.05, 3.63) is 65.1 Å². The molecule has 212 valence electrons. The summed E-state index contributed by atoms with van der Waals surface area (Å²) < 4.78 is 1.73. The average molecular weight is 544 g/mol. The SMILES string of the molecule is CC(C)C/C=C/C(=O)N1CC(CCn2c(=O)ccc3cnc(Nc4ccc(N5CCN(C)[C@@H](C)C5)cc4)nc32)C1. The van der Waals surface area contributed by atoms with Crippen LogP contribution in [0.4, 0.5) is 17.3 Å². The molecule has 3 aromatic rings. The Morgan fingerprint density at radius 3 is 2.60 bits per heavy atom. The number of piperazine rings is 1. The summed E-state index contributed by atoms with van der Waals surface area (Å²) in [5, 5.41) is 4.13. The molecule has 9 nitrogen and oxygen atoms in total. The number of likely N-dealkylation sites (tertiary alicyclic amines) is 1. The third kappa shape index (κ3) is 6.53. The lowest BCUT2D eigenvalue weighted by atomic mass is 9.96. The fraction of sp³-hybridized carbons (Fsp3) is 0.484. The number of likely N-dealkylation sites (N-methyl/N-ethyl adjacent to an activating group) is 1. The van der Waals surface area contributed by atoms with Crippen molar-refractivity contribution in [3.63, 3.8) is 0 Å². The molecule has 2 aromatic heterocycles. The number of aromatic nitrogens is 3. The number of nitrogens with zero attached hydrogens (tertiary/aromatic N) is 6. The number of rotatable bonds is 9. The van der Waals surface area contributed by atoms with Gasteiger partial charge in [0.25, 0.3) is 5.56 Å². The van der Waals surface area contributed by atoms with Crippen molar-refractivity contribution in [2.24, 2.45) is 11.8 Å². The normalized spacial score (nSPS) is 18.6. The molecule has 0 radical (unpaired) electrons. The molecule has 1 amide bonds. The van der Waals surface area contributed by atoms with Gasteiger partial charge >= 0.3 is 0 Å². The van der Waals surface area contributed by atoms with Gasteiger partial charge in [-0.2, -0.15) is 4.98 Å². The van der Waals surface area contributed by atoms with E-state index < -0.39 is 0 Å². The molecule has 2 fully saturated rings. The first kappa shape index (κ1) is 27.8. The average Bonchev–Trinajstić information content (AvgIpc) is 2.90. The van der Waals surface area contributed by atoms with Crippen molar-refractivity contribution in [3.8, 4) is 0 Å². The van der Waals surface area contributed by atoms with Crippen LogP contribution in [0.1, 0.15) is 33.6 Å². The van der Waals surface area contributed by atoms with E-state index in [-0.39, 0.29) is 11.5 Å². The number of anilines is 3. The van der Waals surface area contributed by atoms with Gasteiger partial charge in [-0.25, -0.2) is 4.98 Å². The van der Waals surface area contributed by atoms with Crippen molar-refractivity contribution in [2.75, 3.05) is 50.0 Å². The van der Waals surface area contributed by atoms with E-state index in [4.69, 9.17) is 4.98 Å². The highest BCUT2D eigenvalue weighted by Gasteiger charge is 2.29. The first-order chi connectivity index (χ1) is 19.3. The van der Waals surface area contributed by atoms with Crippen molar-refractivity contribution in [2.45, 2.75) is 46.2 Å². The van der Waals surface area contributed by atoms with E-state index in [0.29, 0.717) is 36.0 Å². The maximum absolute atomic E-state index is 12.8. The molecule has 1 N–H and O–H groups in total. The quantitative estimate of drug-likeness (QED) is 0.406. The van der Waals surface area contributed by atoms with Crippen LogP contribution in [0, 0.1) is 11.8 Å². The Morgan fingerprint density at radius 2 is 1.88 bits per heavy atom. The fourth-order valence-electron chi connectivity index (χ4n) is 5.31. The minimum absolute atomic E-state index is 0.0771. The summed E-state index contributed by atoms with van der Waals surface area (Å²) in [5.74, 6) is 1.46. The van der Waals surface area contributed by atoms with E-state index >= 15 is 0 Å². The molecule has 0 saturated carbocycles. The summed E-state index contributed by atoms with van der Waals surface area (Å²) in [7, 11) is 2.18. The zero-order valence-corrected chi connectivity index (χ0v) is 24.1. The first-order valence-corrected chi connectivity index (χ1v) is 14.4. The van der Waals surface area contributed by atoms with E-state index in [2.05, 4.69) is 60.1 Å². The van der Waals surface area contributed by atoms with E-state index in [1.807, 2.05) is 23.1 Å². The number of carbonyl (C=O) groups excluding carboxylic acids is 1. The summed E-state index contributed by atoms with van der Waals surface area (Å²) in [6, 6.07) is 12.2. The second-order valence-electron chi connectivity index (χ2n) is 11.7. The van der Waals surface area contributed by atoms with Gasteiger partial charge in [0.15, 0.2) is 0 Å². The predicted octanol–water partition coefficient (Wildman–Crippen LogP) is 4.13. The van der Waals surface area contributed by atoms with E-state index in [1.54, 1.807) is 29.0 Å². The van der Waals surface area contributed by atoms with Crippen molar-refractivity contribution >= 4 is 34.3 Å². The third-order valence-corrected chi connectivity index (χ3v) is 8.07. The number of hydrogen-bond donors (Lipinski definition) is 1. The summed E-state index contributed by atoms with van der Waals surface area (Å²) in [6.45, 7) is 11.6. The molecule has 1 aromatic carbocycles. The molecule has 2 aliphatic rings. The lowest BCUT2D eigenvalue weighted by Gasteiger charge is -2.39. The van der Waals surface area contributed by atoms with Crippen LogP contribution in [0.2, 0.25) is 0 Å². The first-order valence-electron chi connectivity index (χ1n) is 14.4. The molecule has 1 atom stereocenters. The number of pyridine rings is 1. The standard InChI is InChI=1S/C31H41N7O2/c1-22(2)6-5-7-28(39)37-20-24(21-37)14-15-38-29(40)13-8-25-18-32-31(34-30(25)38)33-26-9-11-27(12-10-26)36-17-16-35(4)23(3)19-36/h5,7-13,18,22-24H,6,14-17,19-21H2,1-4H3,(H,32,33,34)/b7-5+/t23-/m0/s1. The molecular formula is C31H41N7O2. The van der Waals surface area contributed by atoms with Crippen LogP contribution in [-0.2, 0) is 11.3 Å². The third-order valence-electron chi connectivity index (χ3n) is 8.07. The monoisotopic (exact) mass is 543 g/mol. The molecule has 0 aliphatic carbocycles. The van der Waals surface area contributed by atoms with Gasteiger partial charge in [0.1, 0.15) is 5.65 Å². The zero-order valence-electron chi connectivity index (χ0n) is 24.1. The fourth-order valence-corrected chi connectivity index (χ4v) is 5.31. The predicted molar refractivity (Wildman–Crippen MR) is 161 cm³/mol. The summed E-state index contributed by atoms with van der Waals surface area (Å²) in [4.78, 5) is 41.0. The van der Waals surface area contributed by atoms with E-state index in [0.717, 1.165) is 56.6 Å². The molecule has 0 spiro atoms. The van der Waals surface area contributed by atoms with Crippen molar-refractivity contribution in [1.82, 2.24) is 24.3 Å². The van der Waals surface area contributed by atoms with Gasteiger partial charge in [-0.1, -0.05) is 19.9 Å². The van der Waals surface area contributed by atoms with Crippen LogP contribution < -0.4 is 15.8 Å². The molecular weight excluding hydrogens is 502 g/mol. The number of nitrogens with one attached hydrogen (secondary N) is 1. The van der Waals surface area contributed by atoms with Gasteiger partial charge in [-0.3, -0.25) is 14.2 Å². The van der Waals surface area contributed by atoms with Crippen LogP contribution >= 0.6 is 0 Å². The number of fused-ring (bicyclic) bond motifs is 1. The molecule has 2 saturated heterocycles. The molecule has 9 heteroatoms. The topological polar surface area (TPSA) is 86.6 Å². The number of hydrogen-bond acceptors (Lipinski definition) is 7. The lowest BCUT2D eigenvalue weighted by Crippen LogP contribution is -2.50. The second kappa shape index (κ2) is 12.2. The van der Waals surface area contributed by atoms with Gasteiger partial charge < -0.3 is 20.0 Å². The number of amides is 1. The largest absolute Gasteiger partial charge is 0.369 e. The summed E-state index contributed by atoms with van der Waals surface area (Å²) in [6.07, 6.45) is 7.14. The van der Waals surface area contributed by atoms with Crippen LogP contribution in [-0.4, -0.2) is 76.1 Å². The minimum Gasteiger partial charge on any atom is -0.369 e. The highest BCUT2D eigenvalue weighted by atomic mass is 16.2. The Kier molecular flexibility index (Phi) is 8.49. The second-order valence-corrected chi connectivity index (χ2v) is 11.7. The molecule has 40 heavy (non-hydrogen) atoms. The highest BCUT2D eigenvalue weighted by molar-refractivity contribution is 5.88. The van der Waals surface area contributed by atoms with Crippen LogP contribution in [0.15, 0.2) is 59.5 Å². The van der Waals surface area contributed by atoms with Gasteiger partial charge in [-0.15, -0.1) is 0 Å². The number of allylic oxidation sites excluding steroid dienone is 1. The Labute approximate surface area is 236 Å².